The van der Waals surface area contributed by atoms with Crippen molar-refractivity contribution in [2.24, 2.45) is 7.05 Å². The van der Waals surface area contributed by atoms with E-state index in [1.165, 1.54) is 19.4 Å². The molecule has 5 nitrogen and oxygen atoms in total. The SMILES string of the molecule is CCN(CC)CCCC(C)NCc1c(C)nn(C)c1OC. The van der Waals surface area contributed by atoms with Gasteiger partial charge in [-0.3, -0.25) is 0 Å². The Balaban J connectivity index is 2.38. The van der Waals surface area contributed by atoms with Crippen LogP contribution in [0.5, 0.6) is 5.88 Å². The average Bonchev–Trinajstić information content (AvgIpc) is 2.74. The number of hydrogen-bond acceptors (Lipinski definition) is 4. The molecule has 0 spiro atoms. The molecule has 5 heteroatoms. The molecule has 0 saturated carbocycles. The molecule has 0 aliphatic rings. The number of aromatic nitrogens is 2. The van der Waals surface area contributed by atoms with Crippen LogP contribution >= 0.6 is 0 Å². The summed E-state index contributed by atoms with van der Waals surface area (Å²) in [6.07, 6.45) is 2.43. The third-order valence-electron chi connectivity index (χ3n) is 4.12. The van der Waals surface area contributed by atoms with Crippen LogP contribution in [-0.2, 0) is 13.6 Å². The summed E-state index contributed by atoms with van der Waals surface area (Å²) in [4.78, 5) is 2.47. The van der Waals surface area contributed by atoms with Crippen molar-refractivity contribution in [1.82, 2.24) is 20.0 Å². The highest BCUT2D eigenvalue weighted by Gasteiger charge is 2.14. The summed E-state index contributed by atoms with van der Waals surface area (Å²) in [7, 11) is 3.62. The van der Waals surface area contributed by atoms with E-state index in [2.05, 4.69) is 36.1 Å². The van der Waals surface area contributed by atoms with Gasteiger partial charge in [0.1, 0.15) is 0 Å². The van der Waals surface area contributed by atoms with Crippen molar-refractivity contribution < 1.29 is 4.74 Å². The fraction of sp³-hybridized carbons (Fsp3) is 0.812. The monoisotopic (exact) mass is 296 g/mol. The van der Waals surface area contributed by atoms with Gasteiger partial charge < -0.3 is 15.0 Å². The number of methoxy groups -OCH3 is 1. The van der Waals surface area contributed by atoms with E-state index < -0.39 is 0 Å². The van der Waals surface area contributed by atoms with E-state index in [1.807, 2.05) is 14.0 Å². The largest absolute Gasteiger partial charge is 0.481 e. The van der Waals surface area contributed by atoms with Gasteiger partial charge in [0.2, 0.25) is 5.88 Å². The molecule has 0 aliphatic carbocycles. The van der Waals surface area contributed by atoms with Gasteiger partial charge in [-0.15, -0.1) is 0 Å². The Bertz CT molecular complexity index is 413. The molecule has 1 heterocycles. The first-order chi connectivity index (χ1) is 10.0. The quantitative estimate of drug-likeness (QED) is 0.719. The van der Waals surface area contributed by atoms with Gasteiger partial charge in [-0.2, -0.15) is 5.10 Å². The lowest BCUT2D eigenvalue weighted by Gasteiger charge is -2.19. The summed E-state index contributed by atoms with van der Waals surface area (Å²) in [6.45, 7) is 13.0. The summed E-state index contributed by atoms with van der Waals surface area (Å²) in [5.41, 5.74) is 2.20. The zero-order chi connectivity index (χ0) is 15.8. The van der Waals surface area contributed by atoms with E-state index in [-0.39, 0.29) is 0 Å². The predicted molar refractivity (Wildman–Crippen MR) is 87.8 cm³/mol. The first-order valence-electron chi connectivity index (χ1n) is 8.05. The third kappa shape index (κ3) is 5.32. The maximum absolute atomic E-state index is 5.42. The van der Waals surface area contributed by atoms with Crippen LogP contribution in [-0.4, -0.2) is 47.5 Å². The summed E-state index contributed by atoms with van der Waals surface area (Å²) in [5.74, 6) is 0.857. The molecule has 1 aromatic heterocycles. The Kier molecular flexibility index (Phi) is 7.75. The maximum Gasteiger partial charge on any atom is 0.216 e. The van der Waals surface area contributed by atoms with Crippen molar-refractivity contribution in [3.8, 4) is 5.88 Å². The van der Waals surface area contributed by atoms with Crippen LogP contribution in [0.1, 0.15) is 44.9 Å². The van der Waals surface area contributed by atoms with E-state index in [0.717, 1.165) is 36.8 Å². The van der Waals surface area contributed by atoms with E-state index in [4.69, 9.17) is 4.74 Å². The highest BCUT2D eigenvalue weighted by molar-refractivity contribution is 5.30. The normalized spacial score (nSPS) is 12.9. The van der Waals surface area contributed by atoms with Gasteiger partial charge in [-0.25, -0.2) is 4.68 Å². The number of aryl methyl sites for hydroxylation is 2. The summed E-state index contributed by atoms with van der Waals surface area (Å²) >= 11 is 0. The van der Waals surface area contributed by atoms with Crippen molar-refractivity contribution >= 4 is 0 Å². The predicted octanol–water partition coefficient (Wildman–Crippen LogP) is 2.34. The Morgan fingerprint density at radius 1 is 1.33 bits per heavy atom. The Labute approximate surface area is 129 Å². The summed E-state index contributed by atoms with van der Waals surface area (Å²) in [6, 6.07) is 0.505. The molecule has 1 N–H and O–H groups in total. The number of hydrogen-bond donors (Lipinski definition) is 1. The van der Waals surface area contributed by atoms with Gasteiger partial charge in [-0.1, -0.05) is 13.8 Å². The number of ether oxygens (including phenoxy) is 1. The van der Waals surface area contributed by atoms with Crippen LogP contribution in [0.3, 0.4) is 0 Å². The van der Waals surface area contributed by atoms with Crippen molar-refractivity contribution in [2.75, 3.05) is 26.7 Å². The summed E-state index contributed by atoms with van der Waals surface area (Å²) in [5, 5.41) is 8.00. The lowest BCUT2D eigenvalue weighted by atomic mass is 10.1. The Hall–Kier alpha value is -1.07. The van der Waals surface area contributed by atoms with E-state index in [1.54, 1.807) is 11.8 Å². The zero-order valence-corrected chi connectivity index (χ0v) is 14.6. The van der Waals surface area contributed by atoms with Gasteiger partial charge in [-0.05, 0) is 46.3 Å². The minimum Gasteiger partial charge on any atom is -0.481 e. The zero-order valence-electron chi connectivity index (χ0n) is 14.6. The molecule has 1 atom stereocenters. The molecular formula is C16H32N4O. The van der Waals surface area contributed by atoms with Crippen molar-refractivity contribution in [3.63, 3.8) is 0 Å². The van der Waals surface area contributed by atoms with Crippen LogP contribution in [0.4, 0.5) is 0 Å². The number of nitrogens with one attached hydrogen (secondary N) is 1. The number of nitrogens with zero attached hydrogens (tertiary/aromatic N) is 3. The smallest absolute Gasteiger partial charge is 0.216 e. The van der Waals surface area contributed by atoms with Crippen LogP contribution in [0, 0.1) is 6.92 Å². The second kappa shape index (κ2) is 9.05. The molecule has 0 fully saturated rings. The molecule has 0 radical (unpaired) electrons. The standard InChI is InChI=1S/C16H32N4O/c1-7-20(8-2)11-9-10-13(3)17-12-15-14(4)18-19(5)16(15)21-6/h13,17H,7-12H2,1-6H3. The van der Waals surface area contributed by atoms with E-state index in [9.17, 15) is 0 Å². The Morgan fingerprint density at radius 3 is 2.57 bits per heavy atom. The van der Waals surface area contributed by atoms with Crippen LogP contribution in [0.25, 0.3) is 0 Å². The van der Waals surface area contributed by atoms with Crippen molar-refractivity contribution in [3.05, 3.63) is 11.3 Å². The molecule has 1 aromatic rings. The second-order valence-electron chi connectivity index (χ2n) is 5.65. The molecule has 1 unspecified atom stereocenters. The lowest BCUT2D eigenvalue weighted by molar-refractivity contribution is 0.290. The summed E-state index contributed by atoms with van der Waals surface area (Å²) < 4.78 is 7.23. The molecule has 122 valence electrons. The van der Waals surface area contributed by atoms with Crippen LogP contribution in [0.15, 0.2) is 0 Å². The molecule has 0 bridgehead atoms. The molecule has 0 amide bonds. The minimum absolute atomic E-state index is 0.505. The van der Waals surface area contributed by atoms with Gasteiger partial charge in [0.25, 0.3) is 0 Å². The molecular weight excluding hydrogens is 264 g/mol. The Morgan fingerprint density at radius 2 is 2.00 bits per heavy atom. The van der Waals surface area contributed by atoms with Gasteiger partial charge in [0.05, 0.1) is 18.4 Å². The average molecular weight is 296 g/mol. The third-order valence-corrected chi connectivity index (χ3v) is 4.12. The number of rotatable bonds is 10. The molecule has 1 rings (SSSR count). The first-order valence-corrected chi connectivity index (χ1v) is 8.05. The van der Waals surface area contributed by atoms with Gasteiger partial charge in [0, 0.05) is 19.6 Å². The highest BCUT2D eigenvalue weighted by Crippen LogP contribution is 2.20. The molecule has 0 aromatic carbocycles. The van der Waals surface area contributed by atoms with E-state index in [0.29, 0.717) is 6.04 Å². The van der Waals surface area contributed by atoms with Crippen molar-refractivity contribution in [1.29, 1.82) is 0 Å². The highest BCUT2D eigenvalue weighted by atomic mass is 16.5. The van der Waals surface area contributed by atoms with E-state index >= 15 is 0 Å². The van der Waals surface area contributed by atoms with Crippen LogP contribution < -0.4 is 10.1 Å². The molecule has 0 saturated heterocycles. The first kappa shape index (κ1) is 18.0. The molecule has 21 heavy (non-hydrogen) atoms. The minimum atomic E-state index is 0.505. The topological polar surface area (TPSA) is 42.3 Å². The van der Waals surface area contributed by atoms with Crippen molar-refractivity contribution in [2.45, 2.75) is 53.1 Å². The van der Waals surface area contributed by atoms with Crippen LogP contribution in [0.2, 0.25) is 0 Å². The molecule has 0 aliphatic heterocycles. The van der Waals surface area contributed by atoms with Gasteiger partial charge in [0.15, 0.2) is 0 Å². The fourth-order valence-electron chi connectivity index (χ4n) is 2.68. The fourth-order valence-corrected chi connectivity index (χ4v) is 2.68. The maximum atomic E-state index is 5.42. The van der Waals surface area contributed by atoms with Gasteiger partial charge >= 0.3 is 0 Å². The lowest BCUT2D eigenvalue weighted by Crippen LogP contribution is -2.29. The second-order valence-corrected chi connectivity index (χ2v) is 5.65.